The summed E-state index contributed by atoms with van der Waals surface area (Å²) in [6.07, 6.45) is 1.18. The van der Waals surface area contributed by atoms with Gasteiger partial charge in [-0.15, -0.1) is 0 Å². The largest absolute Gasteiger partial charge is 0.382 e. The molecule has 0 aliphatic rings. The zero-order chi connectivity index (χ0) is 15.1. The van der Waals surface area contributed by atoms with Crippen LogP contribution >= 0.6 is 0 Å². The van der Waals surface area contributed by atoms with E-state index in [1.807, 2.05) is 6.92 Å². The number of aromatic nitrogens is 2. The fourth-order valence-electron chi connectivity index (χ4n) is 1.97. The molecule has 0 radical (unpaired) electrons. The summed E-state index contributed by atoms with van der Waals surface area (Å²) in [6.45, 7) is 4.11. The molecule has 20 heavy (non-hydrogen) atoms. The normalized spacial score (nSPS) is 15.8. The van der Waals surface area contributed by atoms with Crippen LogP contribution in [0.15, 0.2) is 21.9 Å². The first kappa shape index (κ1) is 16.6. The molecular formula is C13H22N2O5. The van der Waals surface area contributed by atoms with Crippen LogP contribution < -0.4 is 11.2 Å². The molecule has 1 rings (SSSR count). The Kier molecular flexibility index (Phi) is 6.63. The summed E-state index contributed by atoms with van der Waals surface area (Å²) in [5.74, 6) is 0. The van der Waals surface area contributed by atoms with Gasteiger partial charge in [0.05, 0.1) is 12.7 Å². The van der Waals surface area contributed by atoms with E-state index in [2.05, 4.69) is 4.98 Å². The highest BCUT2D eigenvalue weighted by Crippen LogP contribution is 2.15. The van der Waals surface area contributed by atoms with Crippen molar-refractivity contribution in [2.75, 3.05) is 20.8 Å². The van der Waals surface area contributed by atoms with Crippen molar-refractivity contribution in [3.8, 4) is 0 Å². The molecule has 0 aliphatic heterocycles. The zero-order valence-corrected chi connectivity index (χ0v) is 12.3. The second-order valence-corrected chi connectivity index (χ2v) is 4.43. The van der Waals surface area contributed by atoms with E-state index in [1.165, 1.54) is 16.8 Å². The highest BCUT2D eigenvalue weighted by Gasteiger charge is 2.23. The molecular weight excluding hydrogens is 264 g/mol. The van der Waals surface area contributed by atoms with Crippen molar-refractivity contribution in [3.63, 3.8) is 0 Å². The fraction of sp³-hybridized carbons (Fsp3) is 0.692. The van der Waals surface area contributed by atoms with Gasteiger partial charge in [0.2, 0.25) is 0 Å². The first-order valence-corrected chi connectivity index (χ1v) is 6.52. The van der Waals surface area contributed by atoms with Gasteiger partial charge in [-0.05, 0) is 13.3 Å². The van der Waals surface area contributed by atoms with E-state index in [9.17, 15) is 9.59 Å². The van der Waals surface area contributed by atoms with Gasteiger partial charge in [-0.1, -0.05) is 6.92 Å². The molecule has 0 bridgehead atoms. The van der Waals surface area contributed by atoms with Crippen LogP contribution in [-0.2, 0) is 14.2 Å². The molecule has 0 fully saturated rings. The molecule has 7 heteroatoms. The first-order valence-electron chi connectivity index (χ1n) is 6.52. The molecule has 0 aromatic carbocycles. The predicted molar refractivity (Wildman–Crippen MR) is 73.9 cm³/mol. The minimum atomic E-state index is -0.515. The number of hydrogen-bond acceptors (Lipinski definition) is 5. The molecule has 114 valence electrons. The number of hydrogen-bond donors (Lipinski definition) is 1. The maximum Gasteiger partial charge on any atom is 0.330 e. The standard InChI is InChI=1S/C13H22N2O5/c1-5-10(11(19-4)8-18-3)20-9(2)15-7-6-12(16)14-13(15)17/h6-7,9-11H,5,8H2,1-4H3,(H,14,16,17)/t9?,10-,11?/m0/s1. The quantitative estimate of drug-likeness (QED) is 0.753. The Hall–Kier alpha value is -1.44. The van der Waals surface area contributed by atoms with Crippen molar-refractivity contribution in [2.45, 2.75) is 38.7 Å². The van der Waals surface area contributed by atoms with E-state index in [4.69, 9.17) is 14.2 Å². The summed E-state index contributed by atoms with van der Waals surface area (Å²) >= 11 is 0. The minimum Gasteiger partial charge on any atom is -0.382 e. The Labute approximate surface area is 117 Å². The van der Waals surface area contributed by atoms with Crippen LogP contribution in [0.5, 0.6) is 0 Å². The summed E-state index contributed by atoms with van der Waals surface area (Å²) in [5, 5.41) is 0. The lowest BCUT2D eigenvalue weighted by atomic mass is 10.1. The SMILES string of the molecule is CC[C@H](OC(C)n1ccc(=O)[nH]c1=O)C(COC)OC. The second kappa shape index (κ2) is 7.98. The molecule has 7 nitrogen and oxygen atoms in total. The number of methoxy groups -OCH3 is 2. The Bertz CT molecular complexity index is 510. The summed E-state index contributed by atoms with van der Waals surface area (Å²) in [5.41, 5.74) is -0.930. The fourth-order valence-corrected chi connectivity index (χ4v) is 1.97. The first-order chi connectivity index (χ1) is 9.53. The summed E-state index contributed by atoms with van der Waals surface area (Å²) in [7, 11) is 3.18. The van der Waals surface area contributed by atoms with E-state index >= 15 is 0 Å². The van der Waals surface area contributed by atoms with Gasteiger partial charge in [0.1, 0.15) is 12.3 Å². The number of H-pyrrole nitrogens is 1. The van der Waals surface area contributed by atoms with Crippen molar-refractivity contribution in [3.05, 3.63) is 33.1 Å². The number of nitrogens with one attached hydrogen (secondary N) is 1. The number of aromatic amines is 1. The maximum atomic E-state index is 11.7. The van der Waals surface area contributed by atoms with Gasteiger partial charge in [-0.3, -0.25) is 14.3 Å². The van der Waals surface area contributed by atoms with Crippen LogP contribution in [0.1, 0.15) is 26.5 Å². The Morgan fingerprint density at radius 3 is 2.50 bits per heavy atom. The lowest BCUT2D eigenvalue weighted by Crippen LogP contribution is -2.38. The number of ether oxygens (including phenoxy) is 3. The van der Waals surface area contributed by atoms with Crippen LogP contribution in [-0.4, -0.2) is 42.6 Å². The van der Waals surface area contributed by atoms with Crippen LogP contribution in [0.2, 0.25) is 0 Å². The van der Waals surface area contributed by atoms with Gasteiger partial charge in [-0.2, -0.15) is 0 Å². The van der Waals surface area contributed by atoms with Gasteiger partial charge in [-0.25, -0.2) is 4.79 Å². The van der Waals surface area contributed by atoms with Crippen LogP contribution in [0.4, 0.5) is 0 Å². The topological polar surface area (TPSA) is 82.6 Å². The Balaban J connectivity index is 2.83. The average Bonchev–Trinajstić information content (AvgIpc) is 2.42. The second-order valence-electron chi connectivity index (χ2n) is 4.43. The average molecular weight is 286 g/mol. The van der Waals surface area contributed by atoms with E-state index in [0.717, 1.165) is 0 Å². The molecule has 0 amide bonds. The molecule has 1 N–H and O–H groups in total. The predicted octanol–water partition coefficient (Wildman–Crippen LogP) is 0.512. The van der Waals surface area contributed by atoms with Gasteiger partial charge >= 0.3 is 5.69 Å². The summed E-state index contributed by atoms with van der Waals surface area (Å²) < 4.78 is 17.6. The van der Waals surface area contributed by atoms with Crippen LogP contribution in [0, 0.1) is 0 Å². The monoisotopic (exact) mass is 286 g/mol. The molecule has 1 aromatic rings. The van der Waals surface area contributed by atoms with Crippen molar-refractivity contribution in [2.24, 2.45) is 0 Å². The third-order valence-corrected chi connectivity index (χ3v) is 3.07. The van der Waals surface area contributed by atoms with Gasteiger partial charge in [0, 0.05) is 26.5 Å². The van der Waals surface area contributed by atoms with E-state index in [-0.39, 0.29) is 12.2 Å². The highest BCUT2D eigenvalue weighted by atomic mass is 16.6. The molecule has 0 aliphatic carbocycles. The molecule has 0 spiro atoms. The number of rotatable bonds is 8. The lowest BCUT2D eigenvalue weighted by molar-refractivity contribution is -0.126. The molecule has 1 aromatic heterocycles. The van der Waals surface area contributed by atoms with Crippen molar-refractivity contribution in [1.29, 1.82) is 0 Å². The van der Waals surface area contributed by atoms with Crippen molar-refractivity contribution in [1.82, 2.24) is 9.55 Å². The van der Waals surface area contributed by atoms with Crippen molar-refractivity contribution < 1.29 is 14.2 Å². The summed E-state index contributed by atoms with van der Waals surface area (Å²) in [4.78, 5) is 24.9. The van der Waals surface area contributed by atoms with E-state index in [1.54, 1.807) is 21.1 Å². The zero-order valence-electron chi connectivity index (χ0n) is 12.3. The van der Waals surface area contributed by atoms with Crippen LogP contribution in [0.25, 0.3) is 0 Å². The smallest absolute Gasteiger partial charge is 0.330 e. The molecule has 2 unspecified atom stereocenters. The van der Waals surface area contributed by atoms with Gasteiger partial charge in [0.25, 0.3) is 5.56 Å². The Morgan fingerprint density at radius 2 is 2.00 bits per heavy atom. The molecule has 0 saturated carbocycles. The lowest BCUT2D eigenvalue weighted by Gasteiger charge is -2.28. The van der Waals surface area contributed by atoms with Gasteiger partial charge < -0.3 is 14.2 Å². The molecule has 0 saturated heterocycles. The van der Waals surface area contributed by atoms with Crippen molar-refractivity contribution >= 4 is 0 Å². The Morgan fingerprint density at radius 1 is 1.30 bits per heavy atom. The summed E-state index contributed by atoms with van der Waals surface area (Å²) in [6, 6.07) is 1.28. The highest BCUT2D eigenvalue weighted by molar-refractivity contribution is 4.83. The minimum absolute atomic E-state index is 0.214. The van der Waals surface area contributed by atoms with Crippen LogP contribution in [0.3, 0.4) is 0 Å². The molecule has 3 atom stereocenters. The number of nitrogens with zero attached hydrogens (tertiary/aromatic N) is 1. The molecule has 1 heterocycles. The van der Waals surface area contributed by atoms with Gasteiger partial charge in [0.15, 0.2) is 0 Å². The van der Waals surface area contributed by atoms with E-state index < -0.39 is 17.5 Å². The maximum absolute atomic E-state index is 11.7. The third kappa shape index (κ3) is 4.29. The van der Waals surface area contributed by atoms with E-state index in [0.29, 0.717) is 13.0 Å². The third-order valence-electron chi connectivity index (χ3n) is 3.07.